The van der Waals surface area contributed by atoms with Crippen LogP contribution in [0.4, 0.5) is 9.93 Å². The predicted molar refractivity (Wildman–Crippen MR) is 85.7 cm³/mol. The number of fused-ring (bicyclic) bond motifs is 1. The van der Waals surface area contributed by atoms with Gasteiger partial charge in [-0.05, 0) is 31.6 Å². The Bertz CT molecular complexity index is 687. The molecule has 9 heteroatoms. The number of likely N-dealkylation sites (tertiary alicyclic amines) is 1. The molecule has 126 valence electrons. The maximum Gasteiger partial charge on any atom is 0.322 e. The van der Waals surface area contributed by atoms with Gasteiger partial charge in [-0.15, -0.1) is 10.2 Å². The van der Waals surface area contributed by atoms with E-state index in [-0.39, 0.29) is 35.5 Å². The van der Waals surface area contributed by atoms with Crippen LogP contribution >= 0.6 is 11.3 Å². The van der Waals surface area contributed by atoms with E-state index < -0.39 is 12.2 Å². The third kappa shape index (κ3) is 2.31. The van der Waals surface area contributed by atoms with E-state index >= 15 is 0 Å². The Hall–Kier alpha value is -2.29. The lowest BCUT2D eigenvalue weighted by atomic mass is 9.63. The van der Waals surface area contributed by atoms with Crippen LogP contribution in [0, 0.1) is 23.7 Å². The van der Waals surface area contributed by atoms with E-state index in [1.807, 2.05) is 0 Å². The standard InChI is InChI=1S/C15H17N5O3S/c1-7(17-14(23)18-15-19-16-6-24-15)20-12(21)10-8-2-3-9(5-4-8)11(10)13(20)22/h2-3,6-11H,4-5H2,1H3,(H2,17,18,19,23). The van der Waals surface area contributed by atoms with Crippen LogP contribution in [0.2, 0.25) is 0 Å². The molecule has 1 aromatic heterocycles. The summed E-state index contributed by atoms with van der Waals surface area (Å²) in [5.74, 6) is -0.596. The van der Waals surface area contributed by atoms with Gasteiger partial charge < -0.3 is 5.32 Å². The van der Waals surface area contributed by atoms with Crippen molar-refractivity contribution in [3.63, 3.8) is 0 Å². The van der Waals surface area contributed by atoms with Gasteiger partial charge in [0.25, 0.3) is 0 Å². The molecule has 4 amide bonds. The highest BCUT2D eigenvalue weighted by atomic mass is 32.1. The number of urea groups is 1. The first-order chi connectivity index (χ1) is 11.6. The SMILES string of the molecule is CC(NC(=O)Nc1nncs1)N1C(=O)C2C3C=CC(CC3)C2C1=O. The number of carbonyl (C=O) groups is 3. The quantitative estimate of drug-likeness (QED) is 0.631. The fourth-order valence-corrected chi connectivity index (χ4v) is 4.53. The molecule has 1 aromatic rings. The van der Waals surface area contributed by atoms with Gasteiger partial charge in [-0.25, -0.2) is 4.79 Å². The molecule has 3 aliphatic carbocycles. The summed E-state index contributed by atoms with van der Waals surface area (Å²) in [4.78, 5) is 38.7. The highest BCUT2D eigenvalue weighted by Crippen LogP contribution is 2.49. The topological polar surface area (TPSA) is 104 Å². The van der Waals surface area contributed by atoms with Crippen molar-refractivity contribution in [2.75, 3.05) is 5.32 Å². The summed E-state index contributed by atoms with van der Waals surface area (Å²) in [6.45, 7) is 1.64. The lowest BCUT2D eigenvalue weighted by Crippen LogP contribution is -2.50. The summed E-state index contributed by atoms with van der Waals surface area (Å²) in [5, 5.41) is 12.9. The molecular weight excluding hydrogens is 330 g/mol. The molecule has 2 fully saturated rings. The van der Waals surface area contributed by atoms with E-state index in [0.29, 0.717) is 5.13 Å². The lowest BCUT2D eigenvalue weighted by Gasteiger charge is -2.38. The Morgan fingerprint density at radius 2 is 1.88 bits per heavy atom. The van der Waals surface area contributed by atoms with Gasteiger partial charge in [0, 0.05) is 0 Å². The highest BCUT2D eigenvalue weighted by molar-refractivity contribution is 7.13. The molecule has 0 aromatic carbocycles. The van der Waals surface area contributed by atoms with Crippen LogP contribution in [-0.4, -0.2) is 39.1 Å². The van der Waals surface area contributed by atoms with Gasteiger partial charge in [0.15, 0.2) is 0 Å². The van der Waals surface area contributed by atoms with Gasteiger partial charge >= 0.3 is 6.03 Å². The van der Waals surface area contributed by atoms with Crippen molar-refractivity contribution >= 4 is 34.3 Å². The molecule has 24 heavy (non-hydrogen) atoms. The Morgan fingerprint density at radius 1 is 1.25 bits per heavy atom. The van der Waals surface area contributed by atoms with Crippen LogP contribution < -0.4 is 10.6 Å². The molecule has 8 nitrogen and oxygen atoms in total. The summed E-state index contributed by atoms with van der Waals surface area (Å²) >= 11 is 1.19. The van der Waals surface area contributed by atoms with Crippen molar-refractivity contribution in [1.82, 2.24) is 20.4 Å². The summed E-state index contributed by atoms with van der Waals surface area (Å²) in [6, 6.07) is -0.518. The molecule has 1 aliphatic heterocycles. The van der Waals surface area contributed by atoms with Gasteiger partial charge in [0.05, 0.1) is 11.8 Å². The predicted octanol–water partition coefficient (Wildman–Crippen LogP) is 1.20. The zero-order valence-electron chi connectivity index (χ0n) is 13.0. The Morgan fingerprint density at radius 3 is 2.38 bits per heavy atom. The number of aromatic nitrogens is 2. The van der Waals surface area contributed by atoms with Gasteiger partial charge in [-0.1, -0.05) is 23.5 Å². The minimum Gasteiger partial charge on any atom is -0.317 e. The molecule has 1 saturated carbocycles. The molecule has 5 rings (SSSR count). The number of carbonyl (C=O) groups excluding carboxylic acids is 3. The molecule has 2 heterocycles. The second-order valence-corrected chi connectivity index (χ2v) is 7.24. The monoisotopic (exact) mass is 347 g/mol. The molecule has 1 saturated heterocycles. The fourth-order valence-electron chi connectivity index (χ4n) is 4.09. The van der Waals surface area contributed by atoms with E-state index in [0.717, 1.165) is 12.8 Å². The van der Waals surface area contributed by atoms with E-state index in [4.69, 9.17) is 0 Å². The normalized spacial score (nSPS) is 32.0. The van der Waals surface area contributed by atoms with Crippen LogP contribution in [0.5, 0.6) is 0 Å². The molecule has 5 atom stereocenters. The van der Waals surface area contributed by atoms with Crippen molar-refractivity contribution < 1.29 is 14.4 Å². The first-order valence-electron chi connectivity index (χ1n) is 7.95. The van der Waals surface area contributed by atoms with Gasteiger partial charge in [0.2, 0.25) is 16.9 Å². The molecule has 2 bridgehead atoms. The van der Waals surface area contributed by atoms with Gasteiger partial charge in [-0.2, -0.15) is 0 Å². The van der Waals surface area contributed by atoms with Crippen LogP contribution in [0.3, 0.4) is 0 Å². The Balaban J connectivity index is 1.47. The zero-order valence-corrected chi connectivity index (χ0v) is 13.8. The van der Waals surface area contributed by atoms with Crippen molar-refractivity contribution in [1.29, 1.82) is 0 Å². The smallest absolute Gasteiger partial charge is 0.317 e. The number of nitrogens with one attached hydrogen (secondary N) is 2. The summed E-state index contributed by atoms with van der Waals surface area (Å²) in [7, 11) is 0. The van der Waals surface area contributed by atoms with Crippen molar-refractivity contribution in [3.05, 3.63) is 17.7 Å². The first kappa shape index (κ1) is 15.3. The Kier molecular flexibility index (Phi) is 3.60. The van der Waals surface area contributed by atoms with Crippen molar-refractivity contribution in [3.8, 4) is 0 Å². The number of nitrogens with zero attached hydrogens (tertiary/aromatic N) is 3. The van der Waals surface area contributed by atoms with E-state index in [2.05, 4.69) is 33.0 Å². The van der Waals surface area contributed by atoms with Crippen molar-refractivity contribution in [2.24, 2.45) is 23.7 Å². The van der Waals surface area contributed by atoms with Crippen LogP contribution in [-0.2, 0) is 9.59 Å². The summed E-state index contributed by atoms with van der Waals surface area (Å²) in [5.41, 5.74) is 1.50. The second kappa shape index (κ2) is 5.66. The summed E-state index contributed by atoms with van der Waals surface area (Å²) in [6.07, 6.45) is 5.35. The lowest BCUT2D eigenvalue weighted by molar-refractivity contribution is -0.142. The molecule has 4 aliphatic rings. The minimum absolute atomic E-state index is 0.142. The third-order valence-corrected chi connectivity index (χ3v) is 5.71. The highest BCUT2D eigenvalue weighted by Gasteiger charge is 2.57. The maximum atomic E-state index is 12.8. The van der Waals surface area contributed by atoms with Crippen LogP contribution in [0.25, 0.3) is 0 Å². The molecular formula is C15H17N5O3S. The number of amides is 4. The second-order valence-electron chi connectivity index (χ2n) is 6.41. The average Bonchev–Trinajstić information content (AvgIpc) is 3.16. The number of rotatable bonds is 3. The molecule has 5 unspecified atom stereocenters. The van der Waals surface area contributed by atoms with Crippen molar-refractivity contribution in [2.45, 2.75) is 25.9 Å². The zero-order chi connectivity index (χ0) is 16.8. The fraction of sp³-hybridized carbons (Fsp3) is 0.533. The number of allylic oxidation sites excluding steroid dienone is 2. The van der Waals surface area contributed by atoms with Gasteiger partial charge in [-0.3, -0.25) is 19.8 Å². The first-order valence-corrected chi connectivity index (χ1v) is 8.83. The number of hydrogen-bond donors (Lipinski definition) is 2. The third-order valence-electron chi connectivity index (χ3n) is 5.10. The van der Waals surface area contributed by atoms with Crippen LogP contribution in [0.15, 0.2) is 17.7 Å². The minimum atomic E-state index is -0.706. The Labute approximate surface area is 142 Å². The van der Waals surface area contributed by atoms with E-state index in [9.17, 15) is 14.4 Å². The van der Waals surface area contributed by atoms with E-state index in [1.165, 1.54) is 21.7 Å². The average molecular weight is 347 g/mol. The van der Waals surface area contributed by atoms with Gasteiger partial charge in [0.1, 0.15) is 11.7 Å². The van der Waals surface area contributed by atoms with E-state index in [1.54, 1.807) is 6.92 Å². The number of hydrogen-bond acceptors (Lipinski definition) is 6. The molecule has 2 N–H and O–H groups in total. The molecule has 0 radical (unpaired) electrons. The number of anilines is 1. The largest absolute Gasteiger partial charge is 0.322 e. The number of imide groups is 1. The van der Waals surface area contributed by atoms with Crippen LogP contribution in [0.1, 0.15) is 19.8 Å². The summed E-state index contributed by atoms with van der Waals surface area (Å²) < 4.78 is 0. The molecule has 0 spiro atoms. The maximum absolute atomic E-state index is 12.8.